The Hall–Kier alpha value is -1.22. The maximum atomic E-state index is 9.59. The minimum Gasteiger partial charge on any atom is -0.508 e. The number of hydrogen-bond donors (Lipinski definition) is 3. The second kappa shape index (κ2) is 3.88. The molecule has 2 rings (SSSR count). The molecule has 1 aromatic carbocycles. The summed E-state index contributed by atoms with van der Waals surface area (Å²) in [6.07, 6.45) is 2.75. The lowest BCUT2D eigenvalue weighted by molar-refractivity contribution is 0.172. The molecule has 0 aromatic heterocycles. The van der Waals surface area contributed by atoms with Crippen LogP contribution in [0.1, 0.15) is 19.3 Å². The highest BCUT2D eigenvalue weighted by Gasteiger charge is 2.24. The largest absolute Gasteiger partial charge is 0.508 e. The van der Waals surface area contributed by atoms with Crippen LogP contribution in [0.4, 0.5) is 5.69 Å². The standard InChI is InChI=1S/C11H15NO2/c13-9-6-4-8(5-7-9)12-10-2-1-3-11(10)14/h4-7,10-14H,1-3H2/t10-,11-/m1/s1. The molecule has 2 atom stereocenters. The topological polar surface area (TPSA) is 52.5 Å². The van der Waals surface area contributed by atoms with Crippen LogP contribution in [0.3, 0.4) is 0 Å². The zero-order valence-electron chi connectivity index (χ0n) is 7.98. The van der Waals surface area contributed by atoms with E-state index in [9.17, 15) is 5.11 Å². The molecule has 0 radical (unpaired) electrons. The van der Waals surface area contributed by atoms with E-state index in [0.29, 0.717) is 0 Å². The number of rotatable bonds is 2. The van der Waals surface area contributed by atoms with Crippen LogP contribution in [0.2, 0.25) is 0 Å². The van der Waals surface area contributed by atoms with Gasteiger partial charge < -0.3 is 15.5 Å². The van der Waals surface area contributed by atoms with E-state index in [1.54, 1.807) is 12.1 Å². The fraction of sp³-hybridized carbons (Fsp3) is 0.455. The second-order valence-corrected chi connectivity index (χ2v) is 3.80. The van der Waals surface area contributed by atoms with E-state index < -0.39 is 0 Å². The van der Waals surface area contributed by atoms with Crippen LogP contribution in [0.5, 0.6) is 5.75 Å². The van der Waals surface area contributed by atoms with Gasteiger partial charge in [-0.15, -0.1) is 0 Å². The molecule has 76 valence electrons. The van der Waals surface area contributed by atoms with Gasteiger partial charge in [-0.3, -0.25) is 0 Å². The van der Waals surface area contributed by atoms with Gasteiger partial charge in [-0.25, -0.2) is 0 Å². The normalized spacial score (nSPS) is 26.4. The molecule has 0 spiro atoms. The van der Waals surface area contributed by atoms with Crippen molar-refractivity contribution < 1.29 is 10.2 Å². The number of benzene rings is 1. The van der Waals surface area contributed by atoms with Crippen molar-refractivity contribution in [3.8, 4) is 5.75 Å². The van der Waals surface area contributed by atoms with Crippen LogP contribution >= 0.6 is 0 Å². The molecule has 1 saturated carbocycles. The Morgan fingerprint density at radius 3 is 2.43 bits per heavy atom. The molecule has 3 heteroatoms. The number of anilines is 1. The molecule has 1 aliphatic carbocycles. The summed E-state index contributed by atoms with van der Waals surface area (Å²) in [6.45, 7) is 0. The van der Waals surface area contributed by atoms with Crippen molar-refractivity contribution in [1.82, 2.24) is 0 Å². The number of phenolic OH excluding ortho intramolecular Hbond substituents is 1. The first-order chi connectivity index (χ1) is 6.75. The average Bonchev–Trinajstić information content (AvgIpc) is 2.56. The van der Waals surface area contributed by atoms with E-state index in [1.165, 1.54) is 0 Å². The fourth-order valence-electron chi connectivity index (χ4n) is 1.88. The zero-order chi connectivity index (χ0) is 9.97. The van der Waals surface area contributed by atoms with Crippen LogP contribution in [-0.4, -0.2) is 22.4 Å². The maximum absolute atomic E-state index is 9.59. The molecule has 0 saturated heterocycles. The SMILES string of the molecule is Oc1ccc(N[C@@H]2CCC[C@H]2O)cc1. The molecule has 1 fully saturated rings. The Morgan fingerprint density at radius 1 is 1.14 bits per heavy atom. The monoisotopic (exact) mass is 193 g/mol. The predicted molar refractivity (Wildman–Crippen MR) is 55.4 cm³/mol. The molecule has 3 N–H and O–H groups in total. The number of nitrogens with one attached hydrogen (secondary N) is 1. The number of phenols is 1. The summed E-state index contributed by atoms with van der Waals surface area (Å²) in [5.41, 5.74) is 0.953. The van der Waals surface area contributed by atoms with Crippen LogP contribution in [0, 0.1) is 0 Å². The molecule has 0 aliphatic heterocycles. The first kappa shape index (κ1) is 9.34. The highest BCUT2D eigenvalue weighted by Crippen LogP contribution is 2.23. The summed E-state index contributed by atoms with van der Waals surface area (Å²) in [5.74, 6) is 0.266. The minimum absolute atomic E-state index is 0.166. The molecule has 0 heterocycles. The van der Waals surface area contributed by atoms with Crippen LogP contribution in [0.15, 0.2) is 24.3 Å². The summed E-state index contributed by atoms with van der Waals surface area (Å²) in [7, 11) is 0. The van der Waals surface area contributed by atoms with Crippen molar-refractivity contribution in [1.29, 1.82) is 0 Å². The molecule has 3 nitrogen and oxygen atoms in total. The molecule has 0 unspecified atom stereocenters. The van der Waals surface area contributed by atoms with Gasteiger partial charge in [0.1, 0.15) is 5.75 Å². The molecular formula is C11H15NO2. The fourth-order valence-corrected chi connectivity index (χ4v) is 1.88. The highest BCUT2D eigenvalue weighted by atomic mass is 16.3. The third-order valence-corrected chi connectivity index (χ3v) is 2.70. The van der Waals surface area contributed by atoms with Crippen molar-refractivity contribution in [2.75, 3.05) is 5.32 Å². The number of aromatic hydroxyl groups is 1. The van der Waals surface area contributed by atoms with Crippen molar-refractivity contribution in [3.63, 3.8) is 0 Å². The van der Waals surface area contributed by atoms with Gasteiger partial charge in [0.25, 0.3) is 0 Å². The molecule has 0 amide bonds. The molecule has 1 aromatic rings. The van der Waals surface area contributed by atoms with Gasteiger partial charge in [0.15, 0.2) is 0 Å². The summed E-state index contributed by atoms with van der Waals surface area (Å²) < 4.78 is 0. The van der Waals surface area contributed by atoms with Crippen molar-refractivity contribution in [2.45, 2.75) is 31.4 Å². The number of aliphatic hydroxyl groups excluding tert-OH is 1. The Labute approximate surface area is 83.4 Å². The Morgan fingerprint density at radius 2 is 1.86 bits per heavy atom. The van der Waals surface area contributed by atoms with E-state index >= 15 is 0 Å². The summed E-state index contributed by atoms with van der Waals surface area (Å²) >= 11 is 0. The quantitative estimate of drug-likeness (QED) is 0.627. The van der Waals surface area contributed by atoms with E-state index in [-0.39, 0.29) is 17.9 Å². The van der Waals surface area contributed by atoms with Gasteiger partial charge in [0, 0.05) is 5.69 Å². The number of hydrogen-bond acceptors (Lipinski definition) is 3. The van der Waals surface area contributed by atoms with Gasteiger partial charge in [-0.2, -0.15) is 0 Å². The lowest BCUT2D eigenvalue weighted by Gasteiger charge is -2.17. The van der Waals surface area contributed by atoms with Gasteiger partial charge in [-0.05, 0) is 43.5 Å². The van der Waals surface area contributed by atoms with E-state index in [1.807, 2.05) is 12.1 Å². The van der Waals surface area contributed by atoms with Crippen LogP contribution in [0.25, 0.3) is 0 Å². The molecular weight excluding hydrogens is 178 g/mol. The van der Waals surface area contributed by atoms with Gasteiger partial charge in [-0.1, -0.05) is 0 Å². The molecule has 0 bridgehead atoms. The molecule has 14 heavy (non-hydrogen) atoms. The zero-order valence-corrected chi connectivity index (χ0v) is 7.98. The van der Waals surface area contributed by atoms with Gasteiger partial charge >= 0.3 is 0 Å². The molecule has 1 aliphatic rings. The Bertz CT molecular complexity index is 297. The summed E-state index contributed by atoms with van der Waals surface area (Å²) in [6, 6.07) is 7.09. The van der Waals surface area contributed by atoms with Gasteiger partial charge in [0.05, 0.1) is 12.1 Å². The van der Waals surface area contributed by atoms with Gasteiger partial charge in [0.2, 0.25) is 0 Å². The van der Waals surface area contributed by atoms with Crippen molar-refractivity contribution in [2.24, 2.45) is 0 Å². The van der Waals surface area contributed by atoms with Crippen molar-refractivity contribution >= 4 is 5.69 Å². The smallest absolute Gasteiger partial charge is 0.115 e. The third-order valence-electron chi connectivity index (χ3n) is 2.70. The highest BCUT2D eigenvalue weighted by molar-refractivity contribution is 5.47. The van der Waals surface area contributed by atoms with Crippen LogP contribution in [-0.2, 0) is 0 Å². The third kappa shape index (κ3) is 1.99. The summed E-state index contributed by atoms with van der Waals surface area (Å²) in [4.78, 5) is 0. The maximum Gasteiger partial charge on any atom is 0.115 e. The number of aliphatic hydroxyl groups is 1. The van der Waals surface area contributed by atoms with E-state index in [4.69, 9.17) is 5.11 Å². The Kier molecular flexibility index (Phi) is 2.59. The lowest BCUT2D eigenvalue weighted by atomic mass is 10.2. The first-order valence-electron chi connectivity index (χ1n) is 4.99. The van der Waals surface area contributed by atoms with Crippen LogP contribution < -0.4 is 5.32 Å². The average molecular weight is 193 g/mol. The lowest BCUT2D eigenvalue weighted by Crippen LogP contribution is -2.27. The van der Waals surface area contributed by atoms with Crippen molar-refractivity contribution in [3.05, 3.63) is 24.3 Å². The summed E-state index contributed by atoms with van der Waals surface area (Å²) in [5, 5.41) is 21.9. The minimum atomic E-state index is -0.233. The Balaban J connectivity index is 2.00. The van der Waals surface area contributed by atoms with E-state index in [2.05, 4.69) is 5.32 Å². The second-order valence-electron chi connectivity index (χ2n) is 3.80. The first-order valence-corrected chi connectivity index (χ1v) is 4.99. The predicted octanol–water partition coefficient (Wildman–Crippen LogP) is 1.72. The van der Waals surface area contributed by atoms with E-state index in [0.717, 1.165) is 24.9 Å².